The van der Waals surface area contributed by atoms with Gasteiger partial charge >= 0.3 is 0 Å². The van der Waals surface area contributed by atoms with E-state index in [0.717, 1.165) is 31.4 Å². The molecule has 0 amide bonds. The van der Waals surface area contributed by atoms with Crippen molar-refractivity contribution in [3.05, 3.63) is 102 Å². The Hall–Kier alpha value is -3.36. The van der Waals surface area contributed by atoms with Gasteiger partial charge in [-0.1, -0.05) is 98.8 Å². The van der Waals surface area contributed by atoms with Crippen molar-refractivity contribution in [2.45, 2.75) is 39.5 Å². The maximum absolute atomic E-state index is 9.19. The van der Waals surface area contributed by atoms with Gasteiger partial charge in [0.05, 0.1) is 6.61 Å². The smallest absolute Gasteiger partial charge is 0.127 e. The third kappa shape index (κ3) is 5.08. The summed E-state index contributed by atoms with van der Waals surface area (Å²) in [6.07, 6.45) is 3.43. The molecular formula is C32H34O2. The van der Waals surface area contributed by atoms with Crippen molar-refractivity contribution in [2.75, 3.05) is 13.2 Å². The van der Waals surface area contributed by atoms with Gasteiger partial charge in [-0.3, -0.25) is 0 Å². The van der Waals surface area contributed by atoms with Crippen molar-refractivity contribution in [3.8, 4) is 39.1 Å². The van der Waals surface area contributed by atoms with Crippen molar-refractivity contribution in [2.24, 2.45) is 0 Å². The highest BCUT2D eigenvalue weighted by molar-refractivity contribution is 5.87. The Labute approximate surface area is 203 Å². The van der Waals surface area contributed by atoms with Gasteiger partial charge in [-0.25, -0.2) is 0 Å². The lowest BCUT2D eigenvalue weighted by molar-refractivity contribution is 0.253. The van der Waals surface area contributed by atoms with Crippen LogP contribution in [0.1, 0.15) is 37.8 Å². The van der Waals surface area contributed by atoms with E-state index in [9.17, 15) is 5.11 Å². The highest BCUT2D eigenvalue weighted by atomic mass is 16.5. The average Bonchev–Trinajstić information content (AvgIpc) is 2.91. The first-order chi connectivity index (χ1) is 16.8. The summed E-state index contributed by atoms with van der Waals surface area (Å²) in [5.41, 5.74) is 10.1. The molecule has 0 aliphatic carbocycles. The van der Waals surface area contributed by atoms with Crippen LogP contribution in [0.3, 0.4) is 0 Å². The molecule has 0 atom stereocenters. The average molecular weight is 451 g/mol. The SMILES string of the molecule is CCc1c(-c2ccccc2)cccc1-c1c(OCCCCO)ccc(-c2ccccc2)c1CC. The number of unbranched alkanes of at least 4 members (excludes halogenated alkanes) is 1. The van der Waals surface area contributed by atoms with Crippen LogP contribution in [0.25, 0.3) is 33.4 Å². The van der Waals surface area contributed by atoms with E-state index in [-0.39, 0.29) is 6.61 Å². The quantitative estimate of drug-likeness (QED) is 0.248. The van der Waals surface area contributed by atoms with Gasteiger partial charge in [-0.2, -0.15) is 0 Å². The Morgan fingerprint density at radius 2 is 1.18 bits per heavy atom. The normalized spacial score (nSPS) is 10.9. The van der Waals surface area contributed by atoms with Crippen molar-refractivity contribution in [3.63, 3.8) is 0 Å². The predicted octanol–water partition coefficient (Wildman–Crippen LogP) is 7.96. The second kappa shape index (κ2) is 11.7. The summed E-state index contributed by atoms with van der Waals surface area (Å²) in [7, 11) is 0. The van der Waals surface area contributed by atoms with Gasteiger partial charge in [0, 0.05) is 12.2 Å². The van der Waals surface area contributed by atoms with Gasteiger partial charge in [0.25, 0.3) is 0 Å². The summed E-state index contributed by atoms with van der Waals surface area (Å²) < 4.78 is 6.36. The number of hydrogen-bond donors (Lipinski definition) is 1. The molecule has 0 aliphatic rings. The van der Waals surface area contributed by atoms with Crippen molar-refractivity contribution < 1.29 is 9.84 Å². The molecule has 34 heavy (non-hydrogen) atoms. The van der Waals surface area contributed by atoms with Crippen LogP contribution in [-0.4, -0.2) is 18.3 Å². The van der Waals surface area contributed by atoms with Crippen LogP contribution in [0.5, 0.6) is 5.75 Å². The molecule has 0 heterocycles. The van der Waals surface area contributed by atoms with Gasteiger partial charge < -0.3 is 9.84 Å². The zero-order chi connectivity index (χ0) is 23.8. The first-order valence-electron chi connectivity index (χ1n) is 12.4. The van der Waals surface area contributed by atoms with E-state index in [1.165, 1.54) is 44.5 Å². The zero-order valence-electron chi connectivity index (χ0n) is 20.3. The van der Waals surface area contributed by atoms with Crippen LogP contribution in [0.4, 0.5) is 0 Å². The Morgan fingerprint density at radius 1 is 0.588 bits per heavy atom. The lowest BCUT2D eigenvalue weighted by Gasteiger charge is -2.22. The predicted molar refractivity (Wildman–Crippen MR) is 143 cm³/mol. The lowest BCUT2D eigenvalue weighted by atomic mass is 9.85. The van der Waals surface area contributed by atoms with Crippen LogP contribution in [0.15, 0.2) is 91.0 Å². The molecule has 0 saturated carbocycles. The Balaban J connectivity index is 1.93. The topological polar surface area (TPSA) is 29.5 Å². The fourth-order valence-corrected chi connectivity index (χ4v) is 4.78. The Bertz CT molecular complexity index is 1200. The summed E-state index contributed by atoms with van der Waals surface area (Å²) in [6.45, 7) is 5.26. The first kappa shape index (κ1) is 23.8. The van der Waals surface area contributed by atoms with Gasteiger partial charge in [0.2, 0.25) is 0 Å². The molecular weight excluding hydrogens is 416 g/mol. The molecule has 0 saturated heterocycles. The first-order valence-corrected chi connectivity index (χ1v) is 12.4. The second-order valence-electron chi connectivity index (χ2n) is 8.51. The number of aliphatic hydroxyl groups excluding tert-OH is 1. The van der Waals surface area contributed by atoms with Crippen LogP contribution in [0.2, 0.25) is 0 Å². The molecule has 0 unspecified atom stereocenters. The molecule has 2 heteroatoms. The van der Waals surface area contributed by atoms with Crippen LogP contribution in [0, 0.1) is 0 Å². The summed E-state index contributed by atoms with van der Waals surface area (Å²) >= 11 is 0. The molecule has 0 bridgehead atoms. The third-order valence-corrected chi connectivity index (χ3v) is 6.41. The standard InChI is InChI=1S/C32H34O2/c1-3-26-28(24-14-7-5-8-15-24)18-13-19-30(26)32-27(4-2)29(25-16-9-6-10-17-25)20-21-31(32)34-23-12-11-22-33/h5-10,13-21,33H,3-4,11-12,22-23H2,1-2H3. The van der Waals surface area contributed by atoms with E-state index in [1.54, 1.807) is 0 Å². The largest absolute Gasteiger partial charge is 0.493 e. The molecule has 0 spiro atoms. The maximum Gasteiger partial charge on any atom is 0.127 e. The lowest BCUT2D eigenvalue weighted by Crippen LogP contribution is -2.04. The number of rotatable bonds is 10. The molecule has 4 rings (SSSR count). The molecule has 4 aromatic carbocycles. The van der Waals surface area contributed by atoms with E-state index in [4.69, 9.17) is 4.74 Å². The Morgan fingerprint density at radius 3 is 1.76 bits per heavy atom. The number of aliphatic hydroxyl groups is 1. The third-order valence-electron chi connectivity index (χ3n) is 6.41. The maximum atomic E-state index is 9.19. The second-order valence-corrected chi connectivity index (χ2v) is 8.51. The molecule has 0 aliphatic heterocycles. The molecule has 174 valence electrons. The van der Waals surface area contributed by atoms with E-state index in [0.29, 0.717) is 6.61 Å². The highest BCUT2D eigenvalue weighted by Gasteiger charge is 2.20. The van der Waals surface area contributed by atoms with Crippen LogP contribution >= 0.6 is 0 Å². The fraction of sp³-hybridized carbons (Fsp3) is 0.250. The van der Waals surface area contributed by atoms with Crippen LogP contribution in [-0.2, 0) is 12.8 Å². The van der Waals surface area contributed by atoms with Crippen molar-refractivity contribution in [1.82, 2.24) is 0 Å². The monoisotopic (exact) mass is 450 g/mol. The van der Waals surface area contributed by atoms with E-state index >= 15 is 0 Å². The minimum absolute atomic E-state index is 0.197. The van der Waals surface area contributed by atoms with Gasteiger partial charge in [-0.05, 0) is 70.7 Å². The summed E-state index contributed by atoms with van der Waals surface area (Å²) in [4.78, 5) is 0. The van der Waals surface area contributed by atoms with Crippen LogP contribution < -0.4 is 4.74 Å². The molecule has 0 aromatic heterocycles. The van der Waals surface area contributed by atoms with Gasteiger partial charge in [0.1, 0.15) is 5.75 Å². The molecule has 1 N–H and O–H groups in total. The van der Waals surface area contributed by atoms with Gasteiger partial charge in [0.15, 0.2) is 0 Å². The van der Waals surface area contributed by atoms with Crippen molar-refractivity contribution >= 4 is 0 Å². The number of hydrogen-bond acceptors (Lipinski definition) is 2. The number of benzene rings is 4. The zero-order valence-corrected chi connectivity index (χ0v) is 20.3. The van der Waals surface area contributed by atoms with E-state index in [2.05, 4.69) is 105 Å². The van der Waals surface area contributed by atoms with Crippen molar-refractivity contribution in [1.29, 1.82) is 0 Å². The molecule has 4 aromatic rings. The van der Waals surface area contributed by atoms with E-state index in [1.807, 2.05) is 0 Å². The number of ether oxygens (including phenoxy) is 1. The highest BCUT2D eigenvalue weighted by Crippen LogP contribution is 2.43. The Kier molecular flexibility index (Phi) is 8.17. The summed E-state index contributed by atoms with van der Waals surface area (Å²) in [5, 5.41) is 9.19. The van der Waals surface area contributed by atoms with E-state index < -0.39 is 0 Å². The fourth-order valence-electron chi connectivity index (χ4n) is 4.78. The summed E-state index contributed by atoms with van der Waals surface area (Å²) in [5.74, 6) is 0.925. The minimum Gasteiger partial charge on any atom is -0.493 e. The molecule has 2 nitrogen and oxygen atoms in total. The van der Waals surface area contributed by atoms with Gasteiger partial charge in [-0.15, -0.1) is 0 Å². The summed E-state index contributed by atoms with van der Waals surface area (Å²) in [6, 6.07) is 32.2. The minimum atomic E-state index is 0.197. The molecule has 0 radical (unpaired) electrons. The molecule has 0 fully saturated rings.